The summed E-state index contributed by atoms with van der Waals surface area (Å²) in [6.45, 7) is 19.4. The van der Waals surface area contributed by atoms with E-state index in [0.717, 1.165) is 6.42 Å². The molecule has 18 heteroatoms. The van der Waals surface area contributed by atoms with Gasteiger partial charge in [-0.25, -0.2) is 0 Å². The van der Waals surface area contributed by atoms with Crippen LogP contribution in [0.2, 0.25) is 0 Å². The molecule has 0 bridgehead atoms. The second-order valence-corrected chi connectivity index (χ2v) is 9.67. The quantitative estimate of drug-likeness (QED) is 0.0215. The highest BCUT2D eigenvalue weighted by molar-refractivity contribution is 5.34. The van der Waals surface area contributed by atoms with Gasteiger partial charge in [0.25, 0.3) is 0 Å². The maximum atomic E-state index is 10.2. The van der Waals surface area contributed by atoms with Gasteiger partial charge >= 0.3 is 0 Å². The van der Waals surface area contributed by atoms with Gasteiger partial charge in [0.1, 0.15) is 0 Å². The molecule has 0 aromatic rings. The number of terminal acetylenes is 2. The minimum Gasteiger partial charge on any atom is -0.393 e. The van der Waals surface area contributed by atoms with Crippen LogP contribution >= 0.6 is 0 Å². The van der Waals surface area contributed by atoms with E-state index in [4.69, 9.17) is 33.8 Å². The molecule has 0 aliphatic heterocycles. The summed E-state index contributed by atoms with van der Waals surface area (Å²) >= 11 is 0. The molecule has 0 fully saturated rings. The van der Waals surface area contributed by atoms with Crippen molar-refractivity contribution in [1.82, 2.24) is 6.15 Å². The highest BCUT2D eigenvalue weighted by Gasteiger charge is 2.26. The molecule has 0 aromatic heterocycles. The van der Waals surface area contributed by atoms with Gasteiger partial charge in [-0.05, 0) is 132 Å². The molecule has 18 nitrogen and oxygen atoms in total. The van der Waals surface area contributed by atoms with E-state index in [-0.39, 0.29) is 33.0 Å². The molecule has 14 N–H and O–H groups in total. The molecule has 0 rings (SSSR count). The van der Waals surface area contributed by atoms with E-state index in [0.29, 0.717) is 30.1 Å². The van der Waals surface area contributed by atoms with Crippen molar-refractivity contribution in [2.75, 3.05) is 0 Å². The Balaban J connectivity index is -0.0000000505. The number of hydrogen-bond donors (Lipinski definition) is 9. The summed E-state index contributed by atoms with van der Waals surface area (Å²) in [5.74, 6) is 42.0. The number of nitrogens with zero attached hydrogens (tertiary/aromatic N) is 9. The number of aliphatic hydroxyl groups excluding tert-OH is 3. The van der Waals surface area contributed by atoms with Gasteiger partial charge in [0.15, 0.2) is 0 Å². The van der Waals surface area contributed by atoms with Gasteiger partial charge in [0.2, 0.25) is 0 Å². The lowest BCUT2D eigenvalue weighted by molar-refractivity contribution is 0.00838. The maximum Gasteiger partial charge on any atom is 0.0592 e. The second kappa shape index (κ2) is 72.4. The first-order valence-electron chi connectivity index (χ1n) is 14.7. The van der Waals surface area contributed by atoms with Gasteiger partial charge in [-0.1, -0.05) is 89.8 Å². The maximum absolute atomic E-state index is 10.2. The van der Waals surface area contributed by atoms with Crippen molar-refractivity contribution >= 4 is 0 Å². The first-order valence-corrected chi connectivity index (χ1v) is 14.7. The third-order valence-corrected chi connectivity index (χ3v) is 6.15. The fourth-order valence-electron chi connectivity index (χ4n) is 2.76. The number of nitrogens with one attached hydrogen (secondary N) is 2. The van der Waals surface area contributed by atoms with E-state index in [1.807, 2.05) is 6.92 Å². The van der Waals surface area contributed by atoms with E-state index < -0.39 is 12.2 Å². The standard InChI is InChI=1S/C17H36O3.C8H6.C7H4.C2H2.2CH4.H3N5.H4N4.HN3.N2.H3N/c1-10(2)13(5)16(19)8-11(3)12(4)9-17(20)14(6)15(7)18;1-3-5-7-8-6-4-2;1-3-5-7-6-4-2;1-2;;;1-3-5-4-2;1-3-4-2;1-3-2;1-2;/h10-20H,8-9H2,1-7H3;1-2H3;1H,2H3;1-2H;2*1H4;(H3,1,2,5);(H2,1,4)(H2,2,3);1H;;1H3/t11-,12-,13+,14-,15+,16+,17+;;;;;;;;;;/m0........../s1. The number of aliphatic hydroxyl groups is 3. The smallest absolute Gasteiger partial charge is 0.0592 e. The molecule has 0 saturated carbocycles. The Morgan fingerprint density at radius 1 is 0.685 bits per heavy atom. The molecule has 0 aromatic carbocycles. The zero-order chi connectivity index (χ0) is 42.1. The average molecular weight is 758 g/mol. The van der Waals surface area contributed by atoms with E-state index in [1.54, 1.807) is 32.6 Å². The van der Waals surface area contributed by atoms with Gasteiger partial charge in [0.05, 0.1) is 18.3 Å². The Morgan fingerprint density at radius 3 is 1.17 bits per heavy atom. The van der Waals surface area contributed by atoms with Crippen LogP contribution in [-0.2, 0) is 0 Å². The summed E-state index contributed by atoms with van der Waals surface area (Å²) in [7, 11) is 0. The highest BCUT2D eigenvalue weighted by Crippen LogP contribution is 2.28. The molecule has 0 aliphatic rings. The summed E-state index contributed by atoms with van der Waals surface area (Å²) in [5, 5.41) is 54.9. The Kier molecular flexibility index (Phi) is 104. The fourth-order valence-corrected chi connectivity index (χ4v) is 2.76. The van der Waals surface area contributed by atoms with Crippen molar-refractivity contribution in [3.63, 3.8) is 0 Å². The molecule has 0 unspecified atom stereocenters. The second-order valence-electron chi connectivity index (χ2n) is 9.67. The summed E-state index contributed by atoms with van der Waals surface area (Å²) in [6, 6.07) is 0. The van der Waals surface area contributed by atoms with Crippen molar-refractivity contribution in [1.29, 1.82) is 21.8 Å². The Bertz CT molecular complexity index is 1250. The van der Waals surface area contributed by atoms with Crippen molar-refractivity contribution in [3.05, 3.63) is 10.4 Å². The fraction of sp³-hybridized carbons (Fsp3) is 0.611. The van der Waals surface area contributed by atoms with Crippen LogP contribution in [0.3, 0.4) is 0 Å². The molecule has 0 aliphatic carbocycles. The average Bonchev–Trinajstić information content (AvgIpc) is 3.12. The highest BCUT2D eigenvalue weighted by atomic mass is 16.3. The monoisotopic (exact) mass is 758 g/mol. The number of rotatable bonds is 10. The predicted molar refractivity (Wildman–Crippen MR) is 218 cm³/mol. The Hall–Kier alpha value is -6.31. The largest absolute Gasteiger partial charge is 0.393 e. The van der Waals surface area contributed by atoms with E-state index >= 15 is 0 Å². The van der Waals surface area contributed by atoms with E-state index in [1.165, 1.54) is 0 Å². The topological polar surface area (TPSA) is 367 Å². The molecule has 7 atom stereocenters. The third kappa shape index (κ3) is 80.4. The number of hydrogen-bond acceptors (Lipinski definition) is 11. The lowest BCUT2D eigenvalue weighted by atomic mass is 9.80. The van der Waals surface area contributed by atoms with Gasteiger partial charge in [0, 0.05) is 16.7 Å². The molecule has 0 radical (unpaired) electrons. The molecule has 0 heterocycles. The lowest BCUT2D eigenvalue weighted by Crippen LogP contribution is -2.31. The Labute approximate surface area is 326 Å². The van der Waals surface area contributed by atoms with Crippen molar-refractivity contribution in [2.45, 2.75) is 115 Å². The predicted octanol–water partition coefficient (Wildman–Crippen LogP) is 6.79. The molecule has 0 amide bonds. The number of nitrogens with two attached hydrogens (primary N) is 3. The van der Waals surface area contributed by atoms with Crippen LogP contribution < -0.4 is 23.7 Å². The minimum atomic E-state index is -0.487. The van der Waals surface area contributed by atoms with Gasteiger partial charge in [-0.3, -0.25) is 0 Å². The first kappa shape index (κ1) is 77.2. The SMILES string of the molecule is C.C.C#C.C#CC#CC#CC.CC#CC#CC#CC.CC(C)[C@@H](C)[C@H](O)C[C@H](C)[C@@H](C)C[C@@H](O)[C@@H](C)[C@@H](C)O.N.N#N.N/N=N/N.N=N/N=N/N.[N-]=[N+]=N. The van der Waals surface area contributed by atoms with Crippen LogP contribution in [0.15, 0.2) is 26.1 Å². The van der Waals surface area contributed by atoms with E-state index in [2.05, 4.69) is 156 Å². The van der Waals surface area contributed by atoms with Crippen LogP contribution in [0.4, 0.5) is 0 Å². The van der Waals surface area contributed by atoms with Crippen LogP contribution in [0.25, 0.3) is 10.4 Å². The molecule has 0 saturated heterocycles. The molecular weight excluding hydrogens is 690 g/mol. The molecule has 54 heavy (non-hydrogen) atoms. The zero-order valence-electron chi connectivity index (χ0n) is 32.1. The first-order chi connectivity index (χ1) is 24.1. The third-order valence-electron chi connectivity index (χ3n) is 6.15. The van der Waals surface area contributed by atoms with Crippen LogP contribution in [0.5, 0.6) is 0 Å². The van der Waals surface area contributed by atoms with Crippen molar-refractivity contribution in [2.24, 2.45) is 73.2 Å². The van der Waals surface area contributed by atoms with Crippen LogP contribution in [0, 0.1) is 136 Å². The van der Waals surface area contributed by atoms with Crippen molar-refractivity contribution < 1.29 is 15.3 Å². The Morgan fingerprint density at radius 2 is 0.981 bits per heavy atom. The normalized spacial score (nSPS) is 11.2. The van der Waals surface area contributed by atoms with E-state index in [9.17, 15) is 15.3 Å². The molecular formula is C36H67N15O3. The van der Waals surface area contributed by atoms with Gasteiger partial charge in [-0.2, -0.15) is 5.53 Å². The van der Waals surface area contributed by atoms with Crippen molar-refractivity contribution in [3.8, 4) is 84.4 Å². The molecule has 0 spiro atoms. The minimum absolute atomic E-state index is 0. The summed E-state index contributed by atoms with van der Waals surface area (Å²) in [4.78, 5) is 1.75. The van der Waals surface area contributed by atoms with Crippen LogP contribution in [0.1, 0.15) is 96.9 Å². The summed E-state index contributed by atoms with van der Waals surface area (Å²) < 4.78 is 0. The lowest BCUT2D eigenvalue weighted by Gasteiger charge is -2.30. The zero-order valence-corrected chi connectivity index (χ0v) is 32.1. The summed E-state index contributed by atoms with van der Waals surface area (Å²) in [6.07, 6.45) is 13.0. The van der Waals surface area contributed by atoms with Gasteiger partial charge < -0.3 is 39.0 Å². The molecule has 304 valence electrons. The summed E-state index contributed by atoms with van der Waals surface area (Å²) in [5.41, 5.74) is 18.1. The van der Waals surface area contributed by atoms with Crippen LogP contribution in [-0.4, -0.2) is 33.6 Å². The van der Waals surface area contributed by atoms with Gasteiger partial charge in [-0.15, -0.1) is 24.8 Å².